The Bertz CT molecular complexity index is 676. The van der Waals surface area contributed by atoms with Crippen LogP contribution in [0.5, 0.6) is 5.75 Å². The van der Waals surface area contributed by atoms with Gasteiger partial charge in [-0.05, 0) is 54.8 Å². The van der Waals surface area contributed by atoms with Crippen molar-refractivity contribution < 1.29 is 4.74 Å². The van der Waals surface area contributed by atoms with Crippen LogP contribution >= 0.6 is 27.5 Å². The third kappa shape index (κ3) is 3.04. The fraction of sp³-hybridized carbons (Fsp3) is 0.294. The number of nitrogens with one attached hydrogen (secondary N) is 1. The van der Waals surface area contributed by atoms with Gasteiger partial charge in [-0.3, -0.25) is 0 Å². The number of benzene rings is 2. The smallest absolute Gasteiger partial charge is 0.127 e. The second-order valence-corrected chi connectivity index (χ2v) is 6.66. The highest BCUT2D eigenvalue weighted by atomic mass is 79.9. The van der Waals surface area contributed by atoms with E-state index >= 15 is 0 Å². The number of halogens is 2. The number of anilines is 1. The van der Waals surface area contributed by atoms with E-state index in [-0.39, 0.29) is 0 Å². The molecule has 0 atom stereocenters. The SMILES string of the molecule is Cc1cc(NCc2cc(Cl)cc3c2OCC3)cc(C)c1Br. The van der Waals surface area contributed by atoms with Crippen LogP contribution in [0.15, 0.2) is 28.7 Å². The van der Waals surface area contributed by atoms with E-state index in [1.54, 1.807) is 0 Å². The van der Waals surface area contributed by atoms with Crippen LogP contribution in [0, 0.1) is 13.8 Å². The fourth-order valence-corrected chi connectivity index (χ4v) is 3.21. The van der Waals surface area contributed by atoms with Crippen LogP contribution in [-0.2, 0) is 13.0 Å². The van der Waals surface area contributed by atoms with Crippen molar-refractivity contribution in [2.45, 2.75) is 26.8 Å². The van der Waals surface area contributed by atoms with Crippen LogP contribution in [0.25, 0.3) is 0 Å². The largest absolute Gasteiger partial charge is 0.493 e. The molecule has 0 bridgehead atoms. The summed E-state index contributed by atoms with van der Waals surface area (Å²) in [6.07, 6.45) is 0.944. The van der Waals surface area contributed by atoms with E-state index in [0.29, 0.717) is 6.54 Å². The molecule has 0 amide bonds. The van der Waals surface area contributed by atoms with Crippen LogP contribution in [0.3, 0.4) is 0 Å². The molecule has 0 fully saturated rings. The molecule has 0 spiro atoms. The van der Waals surface area contributed by atoms with E-state index in [1.807, 2.05) is 12.1 Å². The first-order valence-corrected chi connectivity index (χ1v) is 8.16. The Morgan fingerprint density at radius 2 is 1.90 bits per heavy atom. The van der Waals surface area contributed by atoms with E-state index < -0.39 is 0 Å². The number of fused-ring (bicyclic) bond motifs is 1. The Labute approximate surface area is 138 Å². The van der Waals surface area contributed by atoms with Crippen molar-refractivity contribution in [1.82, 2.24) is 0 Å². The number of ether oxygens (including phenoxy) is 1. The molecule has 1 N–H and O–H groups in total. The van der Waals surface area contributed by atoms with Gasteiger partial charge in [0.25, 0.3) is 0 Å². The average Bonchev–Trinajstić information content (AvgIpc) is 2.90. The quantitative estimate of drug-likeness (QED) is 0.799. The molecule has 0 radical (unpaired) electrons. The summed E-state index contributed by atoms with van der Waals surface area (Å²) in [5.41, 5.74) is 5.89. The Morgan fingerprint density at radius 1 is 1.19 bits per heavy atom. The average molecular weight is 367 g/mol. The van der Waals surface area contributed by atoms with Gasteiger partial charge in [0, 0.05) is 33.7 Å². The summed E-state index contributed by atoms with van der Waals surface area (Å²) in [5.74, 6) is 0.998. The highest BCUT2D eigenvalue weighted by Gasteiger charge is 2.17. The highest BCUT2D eigenvalue weighted by Crippen LogP contribution is 2.33. The van der Waals surface area contributed by atoms with Gasteiger partial charge in [-0.25, -0.2) is 0 Å². The molecule has 2 aromatic carbocycles. The molecule has 0 saturated carbocycles. The Kier molecular flexibility index (Phi) is 4.14. The van der Waals surface area contributed by atoms with E-state index in [1.165, 1.54) is 21.2 Å². The molecule has 1 heterocycles. The van der Waals surface area contributed by atoms with Gasteiger partial charge < -0.3 is 10.1 Å². The molecule has 0 saturated heterocycles. The maximum atomic E-state index is 6.19. The Hall–Kier alpha value is -1.19. The summed E-state index contributed by atoms with van der Waals surface area (Å²) < 4.78 is 6.90. The number of hydrogen-bond donors (Lipinski definition) is 1. The zero-order valence-electron chi connectivity index (χ0n) is 12.1. The summed E-state index contributed by atoms with van der Waals surface area (Å²) in [7, 11) is 0. The van der Waals surface area contributed by atoms with Gasteiger partial charge in [0.1, 0.15) is 5.75 Å². The molecule has 0 unspecified atom stereocenters. The van der Waals surface area contributed by atoms with Gasteiger partial charge in [0.2, 0.25) is 0 Å². The molecule has 1 aliphatic heterocycles. The van der Waals surface area contributed by atoms with E-state index in [9.17, 15) is 0 Å². The van der Waals surface area contributed by atoms with Gasteiger partial charge in [0.05, 0.1) is 6.61 Å². The van der Waals surface area contributed by atoms with Gasteiger partial charge in [-0.1, -0.05) is 27.5 Å². The molecular formula is C17H17BrClNO. The van der Waals surface area contributed by atoms with E-state index in [2.05, 4.69) is 47.2 Å². The standard InChI is InChI=1S/C17H17BrClNO/c1-10-5-15(6-11(2)16(10)18)20-9-13-8-14(19)7-12-3-4-21-17(12)13/h5-8,20H,3-4,9H2,1-2H3. The molecule has 2 nitrogen and oxygen atoms in total. The molecule has 4 heteroatoms. The summed E-state index contributed by atoms with van der Waals surface area (Å²) >= 11 is 9.79. The van der Waals surface area contributed by atoms with Crippen molar-refractivity contribution in [2.75, 3.05) is 11.9 Å². The molecule has 0 aliphatic carbocycles. The van der Waals surface area contributed by atoms with Gasteiger partial charge in [-0.2, -0.15) is 0 Å². The highest BCUT2D eigenvalue weighted by molar-refractivity contribution is 9.10. The maximum Gasteiger partial charge on any atom is 0.127 e. The summed E-state index contributed by atoms with van der Waals surface area (Å²) in [5, 5.41) is 4.24. The molecule has 2 aromatic rings. The summed E-state index contributed by atoms with van der Waals surface area (Å²) in [6, 6.07) is 8.27. The van der Waals surface area contributed by atoms with Crippen molar-refractivity contribution in [3.8, 4) is 5.75 Å². The second-order valence-electron chi connectivity index (χ2n) is 5.43. The zero-order valence-corrected chi connectivity index (χ0v) is 14.4. The fourth-order valence-electron chi connectivity index (χ4n) is 2.72. The van der Waals surface area contributed by atoms with Crippen molar-refractivity contribution in [3.05, 3.63) is 56.0 Å². The van der Waals surface area contributed by atoms with Crippen molar-refractivity contribution >= 4 is 33.2 Å². The lowest BCUT2D eigenvalue weighted by molar-refractivity contribution is 0.354. The van der Waals surface area contributed by atoms with Gasteiger partial charge >= 0.3 is 0 Å². The van der Waals surface area contributed by atoms with Gasteiger partial charge in [-0.15, -0.1) is 0 Å². The topological polar surface area (TPSA) is 21.3 Å². The van der Waals surface area contributed by atoms with Crippen LogP contribution in [-0.4, -0.2) is 6.61 Å². The molecule has 21 heavy (non-hydrogen) atoms. The predicted octanol–water partition coefficient (Wildman–Crippen LogP) is 5.27. The van der Waals surface area contributed by atoms with Crippen molar-refractivity contribution in [1.29, 1.82) is 0 Å². The third-order valence-electron chi connectivity index (χ3n) is 3.74. The minimum Gasteiger partial charge on any atom is -0.493 e. The van der Waals surface area contributed by atoms with Crippen LogP contribution in [0.4, 0.5) is 5.69 Å². The van der Waals surface area contributed by atoms with Crippen LogP contribution in [0.2, 0.25) is 5.02 Å². The molecule has 1 aliphatic rings. The number of rotatable bonds is 3. The third-order valence-corrected chi connectivity index (χ3v) is 5.21. The lowest BCUT2D eigenvalue weighted by atomic mass is 10.1. The first-order valence-electron chi connectivity index (χ1n) is 6.99. The predicted molar refractivity (Wildman–Crippen MR) is 91.6 cm³/mol. The zero-order chi connectivity index (χ0) is 15.0. The number of aryl methyl sites for hydroxylation is 2. The van der Waals surface area contributed by atoms with Crippen LogP contribution < -0.4 is 10.1 Å². The maximum absolute atomic E-state index is 6.19. The lowest BCUT2D eigenvalue weighted by Crippen LogP contribution is -2.02. The van der Waals surface area contributed by atoms with Crippen molar-refractivity contribution in [2.24, 2.45) is 0 Å². The molecule has 110 valence electrons. The monoisotopic (exact) mass is 365 g/mol. The lowest BCUT2D eigenvalue weighted by Gasteiger charge is -2.13. The first kappa shape index (κ1) is 14.7. The Balaban J connectivity index is 1.83. The van der Waals surface area contributed by atoms with Crippen LogP contribution in [0.1, 0.15) is 22.3 Å². The molecular weight excluding hydrogens is 350 g/mol. The number of hydrogen-bond acceptors (Lipinski definition) is 2. The van der Waals surface area contributed by atoms with E-state index in [0.717, 1.165) is 35.1 Å². The summed E-state index contributed by atoms with van der Waals surface area (Å²) in [4.78, 5) is 0. The first-order chi connectivity index (χ1) is 10.0. The Morgan fingerprint density at radius 3 is 2.62 bits per heavy atom. The second kappa shape index (κ2) is 5.90. The minimum atomic E-state index is 0.712. The summed E-state index contributed by atoms with van der Waals surface area (Å²) in [6.45, 7) is 5.66. The normalized spacial score (nSPS) is 13.0. The van der Waals surface area contributed by atoms with Crippen molar-refractivity contribution in [3.63, 3.8) is 0 Å². The molecule has 0 aromatic heterocycles. The minimum absolute atomic E-state index is 0.712. The molecule has 3 rings (SSSR count). The van der Waals surface area contributed by atoms with Gasteiger partial charge in [0.15, 0.2) is 0 Å². The van der Waals surface area contributed by atoms with E-state index in [4.69, 9.17) is 16.3 Å².